The molecule has 0 aliphatic heterocycles. The normalized spacial score (nSPS) is 11.3. The van der Waals surface area contributed by atoms with Crippen LogP contribution in [0, 0.1) is 54.4 Å². The standard InChI is InChI=1S/C52H28N4/c1-29-18-32(27-54)10-13-36(29)44-23-50-46(39-15-12-35(56-3)21-43(39)44)22-45(37-14-11-33(28-55)19-30(37)2)49-25-48-42-17-16-38(34-7-4-6-31(20-34)26-53)40-8-5-9-41(52(40)42)47(48)24-51(49)50/h4-25H,1-2H3. The lowest BCUT2D eigenvalue weighted by molar-refractivity contribution is 1.42. The van der Waals surface area contributed by atoms with E-state index in [1.807, 2.05) is 67.6 Å². The van der Waals surface area contributed by atoms with Crippen LogP contribution in [0.3, 0.4) is 0 Å². The third kappa shape index (κ3) is 4.75. The van der Waals surface area contributed by atoms with Gasteiger partial charge in [-0.2, -0.15) is 15.8 Å². The fraction of sp³-hybridized carbons (Fsp3) is 0.0385. The first kappa shape index (κ1) is 32.6. The number of nitriles is 3. The maximum atomic E-state index is 9.75. The monoisotopic (exact) mass is 708 g/mol. The molecule has 0 atom stereocenters. The zero-order chi connectivity index (χ0) is 38.2. The largest absolute Gasteiger partial charge is 0.238 e. The molecule has 0 radical (unpaired) electrons. The molecule has 1 aliphatic carbocycles. The van der Waals surface area contributed by atoms with Gasteiger partial charge in [0.2, 0.25) is 0 Å². The summed E-state index contributed by atoms with van der Waals surface area (Å²) in [5, 5.41) is 37.8. The van der Waals surface area contributed by atoms with Crippen LogP contribution >= 0.6 is 0 Å². The number of rotatable bonds is 3. The van der Waals surface area contributed by atoms with Gasteiger partial charge in [-0.1, -0.05) is 66.7 Å². The van der Waals surface area contributed by atoms with Crippen LogP contribution in [0.2, 0.25) is 0 Å². The van der Waals surface area contributed by atoms with E-state index in [1.54, 1.807) is 0 Å². The minimum Gasteiger partial charge on any atom is -0.238 e. The molecule has 0 bridgehead atoms. The molecule has 4 nitrogen and oxygen atoms in total. The molecule has 256 valence electrons. The molecule has 0 aromatic heterocycles. The summed E-state index contributed by atoms with van der Waals surface area (Å²) in [5.74, 6) is 0. The topological polar surface area (TPSA) is 75.7 Å². The van der Waals surface area contributed by atoms with E-state index in [2.05, 4.69) is 103 Å². The van der Waals surface area contributed by atoms with Gasteiger partial charge in [-0.05, 0) is 190 Å². The van der Waals surface area contributed by atoms with E-state index in [0.717, 1.165) is 87.8 Å². The zero-order valence-corrected chi connectivity index (χ0v) is 30.5. The van der Waals surface area contributed by atoms with Gasteiger partial charge >= 0.3 is 0 Å². The molecule has 1 aliphatic rings. The van der Waals surface area contributed by atoms with E-state index in [-0.39, 0.29) is 0 Å². The Bertz CT molecular complexity index is 3430. The third-order valence-corrected chi connectivity index (χ3v) is 11.5. The van der Waals surface area contributed by atoms with Gasteiger partial charge in [0.1, 0.15) is 0 Å². The minimum atomic E-state index is 0.566. The second-order valence-electron chi connectivity index (χ2n) is 14.6. The molecule has 0 saturated carbocycles. The Hall–Kier alpha value is -8.02. The van der Waals surface area contributed by atoms with Crippen LogP contribution < -0.4 is 0 Å². The van der Waals surface area contributed by atoms with Crippen molar-refractivity contribution in [2.75, 3.05) is 0 Å². The highest BCUT2D eigenvalue weighted by molar-refractivity contribution is 6.28. The maximum absolute atomic E-state index is 9.75. The number of benzene rings is 9. The first-order valence-corrected chi connectivity index (χ1v) is 18.4. The minimum absolute atomic E-state index is 0.566. The predicted molar refractivity (Wildman–Crippen MR) is 227 cm³/mol. The van der Waals surface area contributed by atoms with E-state index in [4.69, 9.17) is 6.57 Å². The highest BCUT2D eigenvalue weighted by atomic mass is 14.6. The smallest absolute Gasteiger partial charge is 0.187 e. The predicted octanol–water partition coefficient (Wildman–Crippen LogP) is 13.7. The summed E-state index contributed by atoms with van der Waals surface area (Å²) in [5.41, 5.74) is 15.4. The fourth-order valence-corrected chi connectivity index (χ4v) is 8.98. The molecule has 0 N–H and O–H groups in total. The first-order valence-electron chi connectivity index (χ1n) is 18.4. The van der Waals surface area contributed by atoms with Gasteiger partial charge in [0, 0.05) is 0 Å². The summed E-state index contributed by atoms with van der Waals surface area (Å²) in [6.45, 7) is 12.0. The SMILES string of the molecule is [C-]#[N+]c1ccc2c(c1)c(-c1ccc(C#N)cc1C)cc1c3cc4c(cc3c(-c3ccc(C#N)cc3C)cc21)-c1ccc(-c2cccc(C#N)c2)c2cccc-4c12. The molecule has 0 heterocycles. The van der Waals surface area contributed by atoms with Crippen molar-refractivity contribution in [3.8, 4) is 73.8 Å². The van der Waals surface area contributed by atoms with Gasteiger partial charge in [0.15, 0.2) is 5.69 Å². The van der Waals surface area contributed by atoms with E-state index >= 15 is 0 Å². The molecule has 9 aromatic carbocycles. The molecule has 0 amide bonds. The van der Waals surface area contributed by atoms with Crippen molar-refractivity contribution in [3.05, 3.63) is 173 Å². The molecular weight excluding hydrogens is 681 g/mol. The zero-order valence-electron chi connectivity index (χ0n) is 30.5. The Kier molecular flexibility index (Phi) is 7.15. The summed E-state index contributed by atoms with van der Waals surface area (Å²) in [7, 11) is 0. The Morgan fingerprint density at radius 1 is 0.393 bits per heavy atom. The van der Waals surface area contributed by atoms with Crippen LogP contribution in [0.5, 0.6) is 0 Å². The summed E-state index contributed by atoms with van der Waals surface area (Å²) in [6, 6.07) is 52.5. The molecule has 0 unspecified atom stereocenters. The van der Waals surface area contributed by atoms with Gasteiger partial charge in [0.05, 0.1) is 41.5 Å². The second kappa shape index (κ2) is 12.3. The van der Waals surface area contributed by atoms with Crippen LogP contribution in [0.15, 0.2) is 133 Å². The number of hydrogen-bond acceptors (Lipinski definition) is 3. The van der Waals surface area contributed by atoms with Crippen LogP contribution in [-0.4, -0.2) is 0 Å². The average Bonchev–Trinajstić information content (AvgIpc) is 3.55. The van der Waals surface area contributed by atoms with Gasteiger partial charge in [0.25, 0.3) is 0 Å². The lowest BCUT2D eigenvalue weighted by atomic mass is 9.84. The molecule has 56 heavy (non-hydrogen) atoms. The number of aryl methyl sites for hydroxylation is 2. The van der Waals surface area contributed by atoms with E-state index in [0.29, 0.717) is 22.4 Å². The average molecular weight is 709 g/mol. The van der Waals surface area contributed by atoms with Gasteiger partial charge < -0.3 is 0 Å². The van der Waals surface area contributed by atoms with Crippen molar-refractivity contribution in [3.63, 3.8) is 0 Å². The summed E-state index contributed by atoms with van der Waals surface area (Å²) in [4.78, 5) is 3.81. The lowest BCUT2D eigenvalue weighted by Crippen LogP contribution is -1.93. The molecule has 4 heteroatoms. The first-order chi connectivity index (χ1) is 27.4. The van der Waals surface area contributed by atoms with Crippen molar-refractivity contribution in [1.29, 1.82) is 15.8 Å². The van der Waals surface area contributed by atoms with E-state index in [9.17, 15) is 15.8 Å². The number of nitrogens with zero attached hydrogens (tertiary/aromatic N) is 4. The van der Waals surface area contributed by atoms with Crippen molar-refractivity contribution >= 4 is 48.8 Å². The van der Waals surface area contributed by atoms with Crippen molar-refractivity contribution < 1.29 is 0 Å². The molecule has 10 rings (SSSR count). The second-order valence-corrected chi connectivity index (χ2v) is 14.6. The van der Waals surface area contributed by atoms with Gasteiger partial charge in [-0.25, -0.2) is 4.85 Å². The van der Waals surface area contributed by atoms with E-state index < -0.39 is 0 Å². The number of fused-ring (bicyclic) bond motifs is 8. The van der Waals surface area contributed by atoms with Crippen LogP contribution in [0.4, 0.5) is 5.69 Å². The number of hydrogen-bond donors (Lipinski definition) is 0. The Balaban J connectivity index is 1.34. The molecule has 0 saturated heterocycles. The fourth-order valence-electron chi connectivity index (χ4n) is 8.98. The van der Waals surface area contributed by atoms with E-state index in [1.165, 1.54) is 22.1 Å². The van der Waals surface area contributed by atoms with Crippen molar-refractivity contribution in [2.24, 2.45) is 0 Å². The molecule has 0 spiro atoms. The summed E-state index contributed by atoms with van der Waals surface area (Å²) < 4.78 is 0. The molecular formula is C52H28N4. The molecule has 9 aromatic rings. The van der Waals surface area contributed by atoms with Crippen LogP contribution in [0.25, 0.3) is 104 Å². The Morgan fingerprint density at radius 2 is 0.911 bits per heavy atom. The van der Waals surface area contributed by atoms with Crippen LogP contribution in [-0.2, 0) is 0 Å². The summed E-state index contributed by atoms with van der Waals surface area (Å²) >= 11 is 0. The molecule has 0 fully saturated rings. The third-order valence-electron chi connectivity index (χ3n) is 11.5. The van der Waals surface area contributed by atoms with Gasteiger partial charge in [-0.3, -0.25) is 0 Å². The Labute approximate surface area is 323 Å². The Morgan fingerprint density at radius 3 is 1.55 bits per heavy atom. The van der Waals surface area contributed by atoms with Gasteiger partial charge in [-0.15, -0.1) is 0 Å². The highest BCUT2D eigenvalue weighted by Crippen LogP contribution is 2.53. The van der Waals surface area contributed by atoms with Crippen molar-refractivity contribution in [1.82, 2.24) is 0 Å². The van der Waals surface area contributed by atoms with Crippen LogP contribution in [0.1, 0.15) is 27.8 Å². The lowest BCUT2D eigenvalue weighted by Gasteiger charge is -2.19. The maximum Gasteiger partial charge on any atom is 0.187 e. The quantitative estimate of drug-likeness (QED) is 0.135. The summed E-state index contributed by atoms with van der Waals surface area (Å²) in [6.07, 6.45) is 0. The highest BCUT2D eigenvalue weighted by Gasteiger charge is 2.26. The van der Waals surface area contributed by atoms with Crippen molar-refractivity contribution in [2.45, 2.75) is 13.8 Å².